The third-order valence-corrected chi connectivity index (χ3v) is 5.35. The van der Waals surface area contributed by atoms with Gasteiger partial charge in [0.1, 0.15) is 11.6 Å². The first-order valence-electron chi connectivity index (χ1n) is 9.37. The van der Waals surface area contributed by atoms with E-state index in [1.807, 2.05) is 74.5 Å². The number of ether oxygens (including phenoxy) is 1. The zero-order valence-corrected chi connectivity index (χ0v) is 17.3. The average Bonchev–Trinajstić information content (AvgIpc) is 2.73. The second-order valence-electron chi connectivity index (χ2n) is 7.11. The first-order valence-corrected chi connectivity index (χ1v) is 9.75. The Bertz CT molecular complexity index is 1260. The molecule has 5 heteroatoms. The van der Waals surface area contributed by atoms with Gasteiger partial charge in [-0.05, 0) is 66.9 Å². The predicted octanol–water partition coefficient (Wildman–Crippen LogP) is 5.39. The molecule has 0 N–H and O–H groups in total. The van der Waals surface area contributed by atoms with Gasteiger partial charge in [0, 0.05) is 10.6 Å². The molecule has 0 saturated carbocycles. The summed E-state index contributed by atoms with van der Waals surface area (Å²) in [6, 6.07) is 19.0. The molecule has 1 aromatic heterocycles. The minimum atomic E-state index is -0.0616. The van der Waals surface area contributed by atoms with Crippen LogP contribution in [-0.4, -0.2) is 16.7 Å². The maximum atomic E-state index is 13.4. The minimum absolute atomic E-state index is 0.0616. The molecule has 0 spiro atoms. The van der Waals surface area contributed by atoms with Crippen molar-refractivity contribution in [2.45, 2.75) is 20.4 Å². The molecule has 0 aliphatic rings. The van der Waals surface area contributed by atoms with Crippen LogP contribution < -0.4 is 10.3 Å². The van der Waals surface area contributed by atoms with Gasteiger partial charge in [-0.3, -0.25) is 9.36 Å². The van der Waals surface area contributed by atoms with E-state index in [4.69, 9.17) is 21.3 Å². The molecule has 29 heavy (non-hydrogen) atoms. The third-order valence-electron chi connectivity index (χ3n) is 5.10. The highest BCUT2D eigenvalue weighted by atomic mass is 35.5. The molecule has 4 aromatic rings. The number of rotatable bonds is 4. The summed E-state index contributed by atoms with van der Waals surface area (Å²) in [6.07, 6.45) is 0. The molecule has 0 aliphatic carbocycles. The van der Waals surface area contributed by atoms with E-state index in [0.29, 0.717) is 28.3 Å². The van der Waals surface area contributed by atoms with E-state index in [9.17, 15) is 4.79 Å². The van der Waals surface area contributed by atoms with Crippen molar-refractivity contribution < 1.29 is 4.74 Å². The van der Waals surface area contributed by atoms with E-state index >= 15 is 0 Å². The Labute approximate surface area is 174 Å². The van der Waals surface area contributed by atoms with Crippen molar-refractivity contribution >= 4 is 22.5 Å². The number of aromatic nitrogens is 2. The topological polar surface area (TPSA) is 44.1 Å². The van der Waals surface area contributed by atoms with Crippen LogP contribution in [0.4, 0.5) is 0 Å². The first kappa shape index (κ1) is 19.2. The lowest BCUT2D eigenvalue weighted by atomic mass is 10.0. The molecular formula is C24H21ClN2O2. The summed E-state index contributed by atoms with van der Waals surface area (Å²) < 4.78 is 7.18. The summed E-state index contributed by atoms with van der Waals surface area (Å²) in [5.74, 6) is 1.46. The normalized spacial score (nSPS) is 11.0. The number of benzene rings is 3. The Morgan fingerprint density at radius 3 is 2.45 bits per heavy atom. The fourth-order valence-electron chi connectivity index (χ4n) is 3.54. The first-order chi connectivity index (χ1) is 14.0. The lowest BCUT2D eigenvalue weighted by Gasteiger charge is -2.17. The van der Waals surface area contributed by atoms with E-state index in [1.54, 1.807) is 11.7 Å². The third kappa shape index (κ3) is 3.64. The largest absolute Gasteiger partial charge is 0.496 e. The highest BCUT2D eigenvalue weighted by Gasteiger charge is 2.16. The van der Waals surface area contributed by atoms with Gasteiger partial charge in [0.2, 0.25) is 0 Å². The van der Waals surface area contributed by atoms with Gasteiger partial charge in [-0.1, -0.05) is 35.9 Å². The Hall–Kier alpha value is -3.11. The van der Waals surface area contributed by atoms with Crippen molar-refractivity contribution in [3.8, 4) is 17.1 Å². The van der Waals surface area contributed by atoms with Crippen molar-refractivity contribution in [2.75, 3.05) is 7.11 Å². The SMILES string of the molecule is COc1cc(C)c(-c2nc3ccccc3c(=O)n2Cc2ccc(Cl)cc2)cc1C. The van der Waals surface area contributed by atoms with Crippen molar-refractivity contribution in [2.24, 2.45) is 0 Å². The van der Waals surface area contributed by atoms with E-state index in [0.717, 1.165) is 28.0 Å². The maximum Gasteiger partial charge on any atom is 0.261 e. The molecule has 0 saturated heterocycles. The second kappa shape index (κ2) is 7.72. The predicted molar refractivity (Wildman–Crippen MR) is 118 cm³/mol. The van der Waals surface area contributed by atoms with Crippen LogP contribution in [0.5, 0.6) is 5.75 Å². The van der Waals surface area contributed by atoms with Gasteiger partial charge < -0.3 is 4.74 Å². The van der Waals surface area contributed by atoms with Gasteiger partial charge in [-0.15, -0.1) is 0 Å². The molecule has 0 unspecified atom stereocenters. The Morgan fingerprint density at radius 2 is 1.72 bits per heavy atom. The van der Waals surface area contributed by atoms with Gasteiger partial charge in [0.15, 0.2) is 0 Å². The fraction of sp³-hybridized carbons (Fsp3) is 0.167. The van der Waals surface area contributed by atoms with Crippen molar-refractivity contribution in [3.05, 3.63) is 92.7 Å². The Morgan fingerprint density at radius 1 is 1.00 bits per heavy atom. The molecule has 1 heterocycles. The molecule has 0 radical (unpaired) electrons. The van der Waals surface area contributed by atoms with Gasteiger partial charge in [0.25, 0.3) is 5.56 Å². The molecule has 3 aromatic carbocycles. The zero-order valence-electron chi connectivity index (χ0n) is 16.6. The molecule has 0 atom stereocenters. The van der Waals surface area contributed by atoms with Gasteiger partial charge in [0.05, 0.1) is 24.6 Å². The number of halogens is 1. The van der Waals surface area contributed by atoms with Crippen LogP contribution in [0.2, 0.25) is 5.02 Å². The van der Waals surface area contributed by atoms with E-state index in [1.165, 1.54) is 0 Å². The smallest absolute Gasteiger partial charge is 0.261 e. The number of fused-ring (bicyclic) bond motifs is 1. The molecular weight excluding hydrogens is 384 g/mol. The number of methoxy groups -OCH3 is 1. The summed E-state index contributed by atoms with van der Waals surface area (Å²) >= 11 is 6.03. The lowest BCUT2D eigenvalue weighted by Crippen LogP contribution is -2.24. The maximum absolute atomic E-state index is 13.4. The molecule has 146 valence electrons. The fourth-order valence-corrected chi connectivity index (χ4v) is 3.67. The van der Waals surface area contributed by atoms with Gasteiger partial charge >= 0.3 is 0 Å². The van der Waals surface area contributed by atoms with E-state index < -0.39 is 0 Å². The summed E-state index contributed by atoms with van der Waals surface area (Å²) in [5, 5.41) is 1.27. The van der Waals surface area contributed by atoms with Crippen molar-refractivity contribution in [1.29, 1.82) is 0 Å². The van der Waals surface area contributed by atoms with Crippen LogP contribution in [0.25, 0.3) is 22.3 Å². The molecule has 0 bridgehead atoms. The summed E-state index contributed by atoms with van der Waals surface area (Å²) in [6.45, 7) is 4.41. The van der Waals surface area contributed by atoms with Crippen LogP contribution in [0, 0.1) is 13.8 Å². The van der Waals surface area contributed by atoms with Gasteiger partial charge in [-0.2, -0.15) is 0 Å². The average molecular weight is 405 g/mol. The monoisotopic (exact) mass is 404 g/mol. The lowest BCUT2D eigenvalue weighted by molar-refractivity contribution is 0.411. The Balaban J connectivity index is 1.98. The summed E-state index contributed by atoms with van der Waals surface area (Å²) in [4.78, 5) is 18.3. The highest BCUT2D eigenvalue weighted by molar-refractivity contribution is 6.30. The standard InChI is InChI=1S/C24H21ClN2O2/c1-15-13-22(29-3)16(2)12-20(15)23-26-21-7-5-4-6-19(21)24(28)27(23)14-17-8-10-18(25)11-9-17/h4-13H,14H2,1-3H3. The molecule has 4 rings (SSSR count). The molecule has 0 aliphatic heterocycles. The quantitative estimate of drug-likeness (QED) is 0.458. The molecule has 4 nitrogen and oxygen atoms in total. The van der Waals surface area contributed by atoms with Crippen molar-refractivity contribution in [3.63, 3.8) is 0 Å². The number of para-hydroxylation sites is 1. The second-order valence-corrected chi connectivity index (χ2v) is 7.54. The number of aryl methyl sites for hydroxylation is 2. The van der Waals surface area contributed by atoms with Crippen LogP contribution >= 0.6 is 11.6 Å². The van der Waals surface area contributed by atoms with Gasteiger partial charge in [-0.25, -0.2) is 4.98 Å². The van der Waals surface area contributed by atoms with E-state index in [-0.39, 0.29) is 5.56 Å². The van der Waals surface area contributed by atoms with Crippen LogP contribution in [0.1, 0.15) is 16.7 Å². The van der Waals surface area contributed by atoms with Crippen molar-refractivity contribution in [1.82, 2.24) is 9.55 Å². The van der Waals surface area contributed by atoms with Crippen LogP contribution in [-0.2, 0) is 6.54 Å². The highest BCUT2D eigenvalue weighted by Crippen LogP contribution is 2.30. The number of nitrogens with zero attached hydrogens (tertiary/aromatic N) is 2. The van der Waals surface area contributed by atoms with Crippen LogP contribution in [0.3, 0.4) is 0 Å². The summed E-state index contributed by atoms with van der Waals surface area (Å²) in [7, 11) is 1.66. The molecule has 0 amide bonds. The summed E-state index contributed by atoms with van der Waals surface area (Å²) in [5.41, 5.74) is 4.52. The minimum Gasteiger partial charge on any atom is -0.496 e. The van der Waals surface area contributed by atoms with E-state index in [2.05, 4.69) is 0 Å². The zero-order chi connectivity index (χ0) is 20.5. The van der Waals surface area contributed by atoms with Crippen LogP contribution in [0.15, 0.2) is 65.5 Å². The molecule has 0 fully saturated rings. The number of hydrogen-bond donors (Lipinski definition) is 0. The number of hydrogen-bond acceptors (Lipinski definition) is 3. The Kier molecular flexibility index (Phi) is 5.12.